The number of carbonyl (C=O) groups excluding carboxylic acids is 1. The van der Waals surface area contributed by atoms with Gasteiger partial charge in [-0.1, -0.05) is 15.9 Å². The summed E-state index contributed by atoms with van der Waals surface area (Å²) in [7, 11) is 3.14. The lowest BCUT2D eigenvalue weighted by Gasteiger charge is -2.08. The van der Waals surface area contributed by atoms with Crippen LogP contribution in [0.5, 0.6) is 22.4 Å². The fourth-order valence-corrected chi connectivity index (χ4v) is 5.71. The molecular weight excluding hydrogens is 622 g/mol. The number of aromatic nitrogens is 4. The lowest BCUT2D eigenvalue weighted by Crippen LogP contribution is -2.17. The Balaban J connectivity index is 1.17. The molecule has 11 nitrogen and oxygen atoms in total. The molecule has 0 saturated carbocycles. The molecule has 4 heterocycles. The van der Waals surface area contributed by atoms with Gasteiger partial charge in [-0.25, -0.2) is 19.3 Å². The summed E-state index contributed by atoms with van der Waals surface area (Å²) in [5.74, 6) is 2.16. The summed E-state index contributed by atoms with van der Waals surface area (Å²) < 4.78 is 30.8. The van der Waals surface area contributed by atoms with Crippen LogP contribution in [0, 0.1) is 6.92 Å². The number of furan rings is 1. The number of anilines is 1. The van der Waals surface area contributed by atoms with Crippen LogP contribution in [0.2, 0.25) is 0 Å². The fourth-order valence-electron chi connectivity index (χ4n) is 3.85. The quantitative estimate of drug-likeness (QED) is 0.188. The summed E-state index contributed by atoms with van der Waals surface area (Å²) in [5, 5.41) is 10.4. The van der Waals surface area contributed by atoms with Crippen LogP contribution in [-0.4, -0.2) is 39.9 Å². The number of imidazole rings is 1. The number of fused-ring (bicyclic) bond motifs is 2. The first-order chi connectivity index (χ1) is 19.4. The molecular formula is C26H20BrN5O6S2. The van der Waals surface area contributed by atoms with E-state index in [1.165, 1.54) is 22.7 Å². The number of thiazole rings is 1. The molecule has 6 aromatic rings. The third kappa shape index (κ3) is 5.33. The Bertz CT molecular complexity index is 1830. The van der Waals surface area contributed by atoms with Crippen LogP contribution >= 0.6 is 38.6 Å². The van der Waals surface area contributed by atoms with Crippen molar-refractivity contribution in [3.63, 3.8) is 0 Å². The van der Waals surface area contributed by atoms with E-state index in [1.54, 1.807) is 54.6 Å². The van der Waals surface area contributed by atoms with Crippen LogP contribution in [0.1, 0.15) is 11.3 Å². The standard InChI is InChI=1S/C26H20BrN5O6S2/c1-13-6-14(27)4-5-19(13)38-25(33)30-23-28-15(12-39-23)11-36-20-7-16(34-2)8-21-17(20)9-22(37-21)18-10-32-24(29-18)40-26(31-32)35-3/h4-10,12H,11H2,1-3H3,(H,28,30,33). The largest absolute Gasteiger partial charge is 0.496 e. The zero-order chi connectivity index (χ0) is 27.8. The minimum absolute atomic E-state index is 0.158. The SMILES string of the molecule is COc1cc(OCc2csc(NC(=O)Oc3ccc(Br)cc3C)n2)c2cc(-c3cn4nc(OC)sc4n3)oc2c1. The lowest BCUT2D eigenvalue weighted by atomic mass is 10.2. The molecule has 40 heavy (non-hydrogen) atoms. The average Bonchev–Trinajstić information content (AvgIpc) is 3.71. The van der Waals surface area contributed by atoms with Gasteiger partial charge in [-0.05, 0) is 48.1 Å². The van der Waals surface area contributed by atoms with E-state index < -0.39 is 6.09 Å². The Hall–Kier alpha value is -4.14. The van der Waals surface area contributed by atoms with Gasteiger partial charge in [0, 0.05) is 22.0 Å². The highest BCUT2D eigenvalue weighted by Crippen LogP contribution is 2.37. The van der Waals surface area contributed by atoms with Crippen molar-refractivity contribution in [1.29, 1.82) is 0 Å². The predicted octanol–water partition coefficient (Wildman–Crippen LogP) is 6.94. The van der Waals surface area contributed by atoms with Crippen molar-refractivity contribution in [2.24, 2.45) is 0 Å². The van der Waals surface area contributed by atoms with E-state index in [-0.39, 0.29) is 6.61 Å². The van der Waals surface area contributed by atoms with Gasteiger partial charge >= 0.3 is 6.09 Å². The molecule has 0 saturated heterocycles. The second-order valence-electron chi connectivity index (χ2n) is 8.43. The molecule has 0 aliphatic carbocycles. The molecule has 0 unspecified atom stereocenters. The number of nitrogens with zero attached hydrogens (tertiary/aromatic N) is 4. The second-order valence-corrected chi connectivity index (χ2v) is 11.1. The van der Waals surface area contributed by atoms with Crippen LogP contribution in [0.15, 0.2) is 56.9 Å². The molecule has 4 aromatic heterocycles. The average molecular weight is 643 g/mol. The molecule has 14 heteroatoms. The first kappa shape index (κ1) is 26.1. The van der Waals surface area contributed by atoms with Crippen molar-refractivity contribution in [3.8, 4) is 33.9 Å². The maximum Gasteiger partial charge on any atom is 0.418 e. The number of methoxy groups -OCH3 is 2. The molecule has 6 rings (SSSR count). The van der Waals surface area contributed by atoms with E-state index >= 15 is 0 Å². The molecule has 2 aromatic carbocycles. The third-order valence-electron chi connectivity index (χ3n) is 5.74. The third-order valence-corrected chi connectivity index (χ3v) is 7.92. The van der Waals surface area contributed by atoms with E-state index in [4.69, 9.17) is 23.4 Å². The van der Waals surface area contributed by atoms with Crippen LogP contribution in [0.4, 0.5) is 9.93 Å². The summed E-state index contributed by atoms with van der Waals surface area (Å²) in [6, 6.07) is 10.8. The minimum atomic E-state index is -0.625. The lowest BCUT2D eigenvalue weighted by molar-refractivity contribution is 0.215. The first-order valence-electron chi connectivity index (χ1n) is 11.7. The maximum absolute atomic E-state index is 12.4. The zero-order valence-electron chi connectivity index (χ0n) is 21.3. The monoisotopic (exact) mass is 641 g/mol. The minimum Gasteiger partial charge on any atom is -0.496 e. The van der Waals surface area contributed by atoms with Gasteiger partial charge in [-0.3, -0.25) is 5.32 Å². The van der Waals surface area contributed by atoms with Gasteiger partial charge in [0.05, 0.1) is 31.5 Å². The number of amides is 1. The molecule has 204 valence electrons. The van der Waals surface area contributed by atoms with E-state index in [9.17, 15) is 4.79 Å². The van der Waals surface area contributed by atoms with Crippen molar-refractivity contribution in [2.75, 3.05) is 19.5 Å². The van der Waals surface area contributed by atoms with Crippen molar-refractivity contribution in [1.82, 2.24) is 19.6 Å². The van der Waals surface area contributed by atoms with E-state index in [1.807, 2.05) is 19.1 Å². The molecule has 1 amide bonds. The predicted molar refractivity (Wildman–Crippen MR) is 154 cm³/mol. The summed E-state index contributed by atoms with van der Waals surface area (Å²) in [4.78, 5) is 22.1. The normalized spacial score (nSPS) is 11.2. The summed E-state index contributed by atoms with van der Waals surface area (Å²) >= 11 is 6.00. The number of benzene rings is 2. The van der Waals surface area contributed by atoms with Crippen LogP contribution in [0.3, 0.4) is 0 Å². The highest BCUT2D eigenvalue weighted by molar-refractivity contribution is 9.10. The molecule has 0 bridgehead atoms. The highest BCUT2D eigenvalue weighted by Gasteiger charge is 2.18. The number of halogens is 1. The topological polar surface area (TPSA) is 122 Å². The summed E-state index contributed by atoms with van der Waals surface area (Å²) in [6.07, 6.45) is 1.15. The molecule has 0 spiro atoms. The van der Waals surface area contributed by atoms with E-state index in [2.05, 4.69) is 36.3 Å². The van der Waals surface area contributed by atoms with Crippen LogP contribution < -0.4 is 24.3 Å². The van der Waals surface area contributed by atoms with E-state index in [0.29, 0.717) is 55.3 Å². The van der Waals surface area contributed by atoms with Gasteiger partial charge in [0.25, 0.3) is 5.19 Å². The van der Waals surface area contributed by atoms with Gasteiger partial charge < -0.3 is 23.4 Å². The number of hydrogen-bond acceptors (Lipinski definition) is 11. The second kappa shape index (κ2) is 10.8. The van der Waals surface area contributed by atoms with E-state index in [0.717, 1.165) is 15.4 Å². The van der Waals surface area contributed by atoms with Gasteiger partial charge in [0.1, 0.15) is 35.1 Å². The number of hydrogen-bond donors (Lipinski definition) is 1. The summed E-state index contributed by atoms with van der Waals surface area (Å²) in [5.41, 5.74) is 2.67. The molecule has 0 fully saturated rings. The zero-order valence-corrected chi connectivity index (χ0v) is 24.5. The van der Waals surface area contributed by atoms with Gasteiger partial charge in [-0.15, -0.1) is 16.4 Å². The van der Waals surface area contributed by atoms with Crippen molar-refractivity contribution < 1.29 is 28.2 Å². The Kier molecular flexibility index (Phi) is 7.04. The number of nitrogens with one attached hydrogen (secondary N) is 1. The number of aryl methyl sites for hydroxylation is 1. The molecule has 0 aliphatic rings. The van der Waals surface area contributed by atoms with Crippen molar-refractivity contribution in [3.05, 3.63) is 63.7 Å². The number of carbonyl (C=O) groups is 1. The van der Waals surface area contributed by atoms with Crippen LogP contribution in [0.25, 0.3) is 27.4 Å². The molecule has 0 radical (unpaired) electrons. The Morgan fingerprint density at radius 1 is 1.12 bits per heavy atom. The molecule has 0 atom stereocenters. The van der Waals surface area contributed by atoms with Gasteiger partial charge in [0.2, 0.25) is 4.96 Å². The maximum atomic E-state index is 12.4. The van der Waals surface area contributed by atoms with Crippen molar-refractivity contribution in [2.45, 2.75) is 13.5 Å². The molecule has 1 N–H and O–H groups in total. The smallest absolute Gasteiger partial charge is 0.418 e. The van der Waals surface area contributed by atoms with Gasteiger partial charge in [0.15, 0.2) is 10.9 Å². The Morgan fingerprint density at radius 3 is 2.77 bits per heavy atom. The number of rotatable bonds is 8. The Labute approximate surface area is 243 Å². The summed E-state index contributed by atoms with van der Waals surface area (Å²) in [6.45, 7) is 2.02. The van der Waals surface area contributed by atoms with Crippen molar-refractivity contribution >= 4 is 65.8 Å². The molecule has 0 aliphatic heterocycles. The Morgan fingerprint density at radius 2 is 2.00 bits per heavy atom. The fraction of sp³-hybridized carbons (Fsp3) is 0.154. The highest BCUT2D eigenvalue weighted by atomic mass is 79.9. The van der Waals surface area contributed by atoms with Gasteiger partial charge in [-0.2, -0.15) is 0 Å². The first-order valence-corrected chi connectivity index (χ1v) is 14.2. The number of ether oxygens (including phenoxy) is 4. The van der Waals surface area contributed by atoms with Crippen LogP contribution in [-0.2, 0) is 6.61 Å².